The molecule has 1 aromatic rings. The molecule has 1 atom stereocenters. The number of aliphatic carboxylic acids is 1. The second-order valence-corrected chi connectivity index (χ2v) is 3.52. The number of pyridine rings is 1. The second kappa shape index (κ2) is 4.37. The fourth-order valence-corrected chi connectivity index (χ4v) is 1.67. The molecule has 0 spiro atoms. The van der Waals surface area contributed by atoms with Gasteiger partial charge in [-0.2, -0.15) is 0 Å². The first-order valence-corrected chi connectivity index (χ1v) is 4.79. The summed E-state index contributed by atoms with van der Waals surface area (Å²) in [6.45, 7) is 1.83. The quantitative estimate of drug-likeness (QED) is 0.888. The van der Waals surface area contributed by atoms with Crippen LogP contribution in [0.1, 0.15) is 25.0 Å². The summed E-state index contributed by atoms with van der Waals surface area (Å²) in [5, 5.41) is 8.89. The highest BCUT2D eigenvalue weighted by Crippen LogP contribution is 2.24. The molecule has 1 rings (SSSR count). The van der Waals surface area contributed by atoms with E-state index in [9.17, 15) is 4.79 Å². The standard InChI is InChI=1S/C9H10BrNO2/c1-2-6(9(12)13)8-7(10)4-3-5-11-8/h3-6H,2H2,1H3,(H,12,13). The van der Waals surface area contributed by atoms with Gasteiger partial charge in [-0.1, -0.05) is 6.92 Å². The summed E-state index contributed by atoms with van der Waals surface area (Å²) in [6.07, 6.45) is 2.15. The van der Waals surface area contributed by atoms with Crippen molar-refractivity contribution in [3.8, 4) is 0 Å². The molecule has 1 aromatic heterocycles. The third kappa shape index (κ3) is 2.28. The molecule has 0 bridgehead atoms. The Balaban J connectivity index is 3.04. The molecule has 3 nitrogen and oxygen atoms in total. The number of hydrogen-bond donors (Lipinski definition) is 1. The van der Waals surface area contributed by atoms with E-state index in [1.807, 2.05) is 6.92 Å². The fourth-order valence-electron chi connectivity index (χ4n) is 1.14. The lowest BCUT2D eigenvalue weighted by Crippen LogP contribution is -2.12. The zero-order valence-corrected chi connectivity index (χ0v) is 8.78. The van der Waals surface area contributed by atoms with E-state index >= 15 is 0 Å². The third-order valence-electron chi connectivity index (χ3n) is 1.82. The largest absolute Gasteiger partial charge is 0.481 e. The average Bonchev–Trinajstić information content (AvgIpc) is 2.09. The van der Waals surface area contributed by atoms with Crippen LogP contribution in [0.25, 0.3) is 0 Å². The number of carbonyl (C=O) groups is 1. The molecule has 0 saturated heterocycles. The number of halogens is 1. The Morgan fingerprint density at radius 3 is 2.92 bits per heavy atom. The normalized spacial score (nSPS) is 12.5. The van der Waals surface area contributed by atoms with Gasteiger partial charge in [0.15, 0.2) is 0 Å². The maximum atomic E-state index is 10.8. The summed E-state index contributed by atoms with van der Waals surface area (Å²) in [7, 11) is 0. The van der Waals surface area contributed by atoms with Gasteiger partial charge >= 0.3 is 5.97 Å². The number of carboxylic acid groups (broad SMARTS) is 1. The van der Waals surface area contributed by atoms with Crippen LogP contribution in [0.3, 0.4) is 0 Å². The minimum atomic E-state index is -0.832. The van der Waals surface area contributed by atoms with Gasteiger partial charge in [-0.05, 0) is 34.5 Å². The summed E-state index contributed by atoms with van der Waals surface area (Å²) in [5.74, 6) is -1.35. The van der Waals surface area contributed by atoms with Gasteiger partial charge in [0.1, 0.15) is 0 Å². The molecule has 0 aliphatic heterocycles. The lowest BCUT2D eigenvalue weighted by Gasteiger charge is -2.09. The van der Waals surface area contributed by atoms with Crippen molar-refractivity contribution in [2.24, 2.45) is 0 Å². The highest BCUT2D eigenvalue weighted by Gasteiger charge is 2.20. The Kier molecular flexibility index (Phi) is 3.42. The molecular weight excluding hydrogens is 234 g/mol. The summed E-state index contributed by atoms with van der Waals surface area (Å²) in [4.78, 5) is 14.9. The highest BCUT2D eigenvalue weighted by molar-refractivity contribution is 9.10. The first-order chi connectivity index (χ1) is 6.16. The lowest BCUT2D eigenvalue weighted by atomic mass is 10.0. The number of carboxylic acids is 1. The number of hydrogen-bond acceptors (Lipinski definition) is 2. The van der Waals surface area contributed by atoms with Crippen molar-refractivity contribution in [2.75, 3.05) is 0 Å². The SMILES string of the molecule is CCC(C(=O)O)c1ncccc1Br. The van der Waals surface area contributed by atoms with Crippen molar-refractivity contribution in [3.05, 3.63) is 28.5 Å². The van der Waals surface area contributed by atoms with Crippen molar-refractivity contribution >= 4 is 21.9 Å². The highest BCUT2D eigenvalue weighted by atomic mass is 79.9. The molecule has 1 N–H and O–H groups in total. The average molecular weight is 244 g/mol. The molecule has 0 fully saturated rings. The van der Waals surface area contributed by atoms with Gasteiger partial charge in [-0.15, -0.1) is 0 Å². The van der Waals surface area contributed by atoms with Crippen molar-refractivity contribution in [3.63, 3.8) is 0 Å². The fraction of sp³-hybridized carbons (Fsp3) is 0.333. The smallest absolute Gasteiger partial charge is 0.312 e. The second-order valence-electron chi connectivity index (χ2n) is 2.67. The molecule has 1 unspecified atom stereocenters. The predicted molar refractivity (Wildman–Crippen MR) is 52.6 cm³/mol. The molecular formula is C9H10BrNO2. The Morgan fingerprint density at radius 1 is 1.77 bits per heavy atom. The van der Waals surface area contributed by atoms with Crippen molar-refractivity contribution in [1.29, 1.82) is 0 Å². The van der Waals surface area contributed by atoms with Gasteiger partial charge in [0, 0.05) is 10.7 Å². The monoisotopic (exact) mass is 243 g/mol. The number of rotatable bonds is 3. The maximum absolute atomic E-state index is 10.8. The molecule has 0 aliphatic rings. The zero-order valence-electron chi connectivity index (χ0n) is 7.20. The number of nitrogens with zero attached hydrogens (tertiary/aromatic N) is 1. The molecule has 0 radical (unpaired) electrons. The maximum Gasteiger partial charge on any atom is 0.312 e. The van der Waals surface area contributed by atoms with Crippen LogP contribution in [0, 0.1) is 0 Å². The van der Waals surface area contributed by atoms with Crippen LogP contribution in [0.4, 0.5) is 0 Å². The van der Waals surface area contributed by atoms with E-state index in [-0.39, 0.29) is 0 Å². The van der Waals surface area contributed by atoms with Crippen LogP contribution in [0.15, 0.2) is 22.8 Å². The summed E-state index contributed by atoms with van der Waals surface area (Å²) < 4.78 is 0.754. The van der Waals surface area contributed by atoms with E-state index in [1.165, 1.54) is 0 Å². The van der Waals surface area contributed by atoms with Gasteiger partial charge in [0.2, 0.25) is 0 Å². The number of aromatic nitrogens is 1. The molecule has 0 amide bonds. The van der Waals surface area contributed by atoms with Crippen LogP contribution < -0.4 is 0 Å². The van der Waals surface area contributed by atoms with Crippen LogP contribution in [-0.4, -0.2) is 16.1 Å². The lowest BCUT2D eigenvalue weighted by molar-refractivity contribution is -0.139. The minimum absolute atomic E-state index is 0.518. The Morgan fingerprint density at radius 2 is 2.46 bits per heavy atom. The van der Waals surface area contributed by atoms with Crippen molar-refractivity contribution < 1.29 is 9.90 Å². The molecule has 0 aliphatic carbocycles. The van der Waals surface area contributed by atoms with E-state index in [0.717, 1.165) is 4.47 Å². The van der Waals surface area contributed by atoms with E-state index in [0.29, 0.717) is 12.1 Å². The van der Waals surface area contributed by atoms with Gasteiger partial charge < -0.3 is 5.11 Å². The summed E-state index contributed by atoms with van der Waals surface area (Å²) in [5.41, 5.74) is 0.595. The molecule has 0 saturated carbocycles. The topological polar surface area (TPSA) is 50.2 Å². The predicted octanol–water partition coefficient (Wildman–Crippen LogP) is 2.42. The van der Waals surface area contributed by atoms with Crippen LogP contribution >= 0.6 is 15.9 Å². The Labute approximate surface area is 84.9 Å². The summed E-state index contributed by atoms with van der Waals surface area (Å²) in [6, 6.07) is 3.57. The van der Waals surface area contributed by atoms with Crippen LogP contribution in [-0.2, 0) is 4.79 Å². The first kappa shape index (κ1) is 10.2. The Bertz CT molecular complexity index is 314. The van der Waals surface area contributed by atoms with Gasteiger partial charge in [-0.25, -0.2) is 0 Å². The molecule has 1 heterocycles. The van der Waals surface area contributed by atoms with E-state index in [1.54, 1.807) is 18.3 Å². The molecule has 0 aromatic carbocycles. The first-order valence-electron chi connectivity index (χ1n) is 4.00. The van der Waals surface area contributed by atoms with Crippen LogP contribution in [0.5, 0.6) is 0 Å². The van der Waals surface area contributed by atoms with Gasteiger partial charge in [0.25, 0.3) is 0 Å². The van der Waals surface area contributed by atoms with Crippen molar-refractivity contribution in [1.82, 2.24) is 4.98 Å². The zero-order chi connectivity index (χ0) is 9.84. The molecule has 13 heavy (non-hydrogen) atoms. The third-order valence-corrected chi connectivity index (χ3v) is 2.49. The van der Waals surface area contributed by atoms with Gasteiger partial charge in [-0.3, -0.25) is 9.78 Å². The van der Waals surface area contributed by atoms with Crippen LogP contribution in [0.2, 0.25) is 0 Å². The van der Waals surface area contributed by atoms with Crippen molar-refractivity contribution in [2.45, 2.75) is 19.3 Å². The Hall–Kier alpha value is -0.900. The molecule has 70 valence electrons. The minimum Gasteiger partial charge on any atom is -0.481 e. The van der Waals surface area contributed by atoms with E-state index in [2.05, 4.69) is 20.9 Å². The van der Waals surface area contributed by atoms with Gasteiger partial charge in [0.05, 0.1) is 11.6 Å². The summed E-state index contributed by atoms with van der Waals surface area (Å²) >= 11 is 3.28. The van der Waals surface area contributed by atoms with E-state index in [4.69, 9.17) is 5.11 Å². The molecule has 4 heteroatoms. The van der Waals surface area contributed by atoms with E-state index < -0.39 is 11.9 Å².